The maximum Gasteiger partial charge on any atom is 0.0536 e. The lowest BCUT2D eigenvalue weighted by Crippen LogP contribution is -2.26. The van der Waals surface area contributed by atoms with Gasteiger partial charge in [-0.1, -0.05) is 0 Å². The summed E-state index contributed by atoms with van der Waals surface area (Å²) in [7, 11) is 4.15. The molecule has 0 fully saturated rings. The van der Waals surface area contributed by atoms with Crippen molar-refractivity contribution in [3.05, 3.63) is 11.8 Å². The highest BCUT2D eigenvalue weighted by atomic mass is 15.4. The van der Waals surface area contributed by atoms with Gasteiger partial charge in [-0.15, -0.1) is 0 Å². The van der Waals surface area contributed by atoms with E-state index in [2.05, 4.69) is 37.2 Å². The molecule has 0 N–H and O–H groups in total. The molecule has 0 aromatic rings. The van der Waals surface area contributed by atoms with Crippen LogP contribution < -0.4 is 0 Å². The van der Waals surface area contributed by atoms with Gasteiger partial charge < -0.3 is 4.90 Å². The number of hydrogen-bond acceptors (Lipinski definition) is 3. The molecule has 0 bridgehead atoms. The Morgan fingerprint density at radius 2 is 2.33 bits per heavy atom. The molecule has 1 aliphatic heterocycles. The minimum absolute atomic E-state index is 0.973. The summed E-state index contributed by atoms with van der Waals surface area (Å²) < 4.78 is 0. The molecule has 0 aromatic carbocycles. The maximum atomic E-state index is 4.26. The monoisotopic (exact) mass is 167 g/mol. The van der Waals surface area contributed by atoms with Crippen LogP contribution in [0.3, 0.4) is 0 Å². The van der Waals surface area contributed by atoms with Crippen molar-refractivity contribution < 1.29 is 0 Å². The number of allylic oxidation sites excluding steroid dienone is 1. The van der Waals surface area contributed by atoms with E-state index in [-0.39, 0.29) is 0 Å². The first kappa shape index (κ1) is 9.26. The molecule has 0 aliphatic carbocycles. The highest BCUT2D eigenvalue weighted by Crippen LogP contribution is 2.06. The maximum absolute atomic E-state index is 4.26. The molecule has 0 amide bonds. The fourth-order valence-corrected chi connectivity index (χ4v) is 1.05. The minimum Gasteiger partial charge on any atom is -0.308 e. The third-order valence-corrected chi connectivity index (χ3v) is 1.79. The Labute approximate surface area is 74.3 Å². The zero-order chi connectivity index (χ0) is 8.97. The third kappa shape index (κ3) is 3.05. The van der Waals surface area contributed by atoms with Crippen molar-refractivity contribution in [3.8, 4) is 0 Å². The fourth-order valence-electron chi connectivity index (χ4n) is 1.05. The fraction of sp³-hybridized carbons (Fsp3) is 0.667. The second-order valence-corrected chi connectivity index (χ2v) is 3.44. The average Bonchev–Trinajstić information content (AvgIpc) is 2.01. The SMILES string of the molecule is CC1=CN(CCN(C)C)N=CC1. The van der Waals surface area contributed by atoms with Gasteiger partial charge in [0.15, 0.2) is 0 Å². The van der Waals surface area contributed by atoms with Crippen molar-refractivity contribution in [2.45, 2.75) is 13.3 Å². The average molecular weight is 167 g/mol. The van der Waals surface area contributed by atoms with Gasteiger partial charge in [0.2, 0.25) is 0 Å². The van der Waals surface area contributed by atoms with Gasteiger partial charge in [0.1, 0.15) is 0 Å². The largest absolute Gasteiger partial charge is 0.308 e. The Hall–Kier alpha value is -0.830. The van der Waals surface area contributed by atoms with Gasteiger partial charge in [0.25, 0.3) is 0 Å². The molecule has 1 rings (SSSR count). The molecule has 0 aromatic heterocycles. The van der Waals surface area contributed by atoms with E-state index >= 15 is 0 Å². The predicted octanol–water partition coefficient (Wildman–Crippen LogP) is 1.14. The molecule has 68 valence electrons. The van der Waals surface area contributed by atoms with Crippen LogP contribution in [-0.4, -0.2) is 43.3 Å². The van der Waals surface area contributed by atoms with Crippen molar-refractivity contribution in [1.82, 2.24) is 9.91 Å². The van der Waals surface area contributed by atoms with Gasteiger partial charge in [0.05, 0.1) is 6.54 Å². The summed E-state index contributed by atoms with van der Waals surface area (Å²) >= 11 is 0. The van der Waals surface area contributed by atoms with E-state index in [1.807, 2.05) is 11.2 Å². The van der Waals surface area contributed by atoms with Crippen LogP contribution in [0, 0.1) is 0 Å². The van der Waals surface area contributed by atoms with Gasteiger partial charge >= 0.3 is 0 Å². The molecule has 0 atom stereocenters. The number of hydrazone groups is 1. The van der Waals surface area contributed by atoms with Gasteiger partial charge in [-0.05, 0) is 26.6 Å². The summed E-state index contributed by atoms with van der Waals surface area (Å²) in [6.07, 6.45) is 5.08. The standard InChI is InChI=1S/C9H17N3/c1-9-4-5-10-12(8-9)7-6-11(2)3/h5,8H,4,6-7H2,1-3H3. The molecule has 3 heteroatoms. The van der Waals surface area contributed by atoms with Crippen LogP contribution in [0.2, 0.25) is 0 Å². The molecule has 0 unspecified atom stereocenters. The van der Waals surface area contributed by atoms with Crippen LogP contribution in [0.5, 0.6) is 0 Å². The van der Waals surface area contributed by atoms with E-state index in [1.54, 1.807) is 0 Å². The summed E-state index contributed by atoms with van der Waals surface area (Å²) in [6.45, 7) is 4.15. The van der Waals surface area contributed by atoms with E-state index in [4.69, 9.17) is 0 Å². The summed E-state index contributed by atoms with van der Waals surface area (Å²) in [5.74, 6) is 0. The van der Waals surface area contributed by atoms with Crippen LogP contribution in [0.4, 0.5) is 0 Å². The van der Waals surface area contributed by atoms with Crippen LogP contribution in [0.15, 0.2) is 16.9 Å². The van der Waals surface area contributed by atoms with E-state index in [0.717, 1.165) is 19.5 Å². The number of likely N-dealkylation sites (N-methyl/N-ethyl adjacent to an activating group) is 1. The Morgan fingerprint density at radius 1 is 1.58 bits per heavy atom. The lowest BCUT2D eigenvalue weighted by Gasteiger charge is -2.20. The van der Waals surface area contributed by atoms with Gasteiger partial charge in [0, 0.05) is 25.4 Å². The molecule has 12 heavy (non-hydrogen) atoms. The Kier molecular flexibility index (Phi) is 3.29. The summed E-state index contributed by atoms with van der Waals surface area (Å²) in [4.78, 5) is 2.16. The zero-order valence-electron chi connectivity index (χ0n) is 8.12. The van der Waals surface area contributed by atoms with Crippen molar-refractivity contribution in [2.24, 2.45) is 5.10 Å². The van der Waals surface area contributed by atoms with E-state index < -0.39 is 0 Å². The molecule has 3 nitrogen and oxygen atoms in total. The van der Waals surface area contributed by atoms with Crippen LogP contribution in [-0.2, 0) is 0 Å². The number of nitrogens with zero attached hydrogens (tertiary/aromatic N) is 3. The van der Waals surface area contributed by atoms with Crippen LogP contribution >= 0.6 is 0 Å². The van der Waals surface area contributed by atoms with Gasteiger partial charge in [-0.3, -0.25) is 5.01 Å². The molecule has 0 saturated heterocycles. The van der Waals surface area contributed by atoms with Gasteiger partial charge in [-0.2, -0.15) is 5.10 Å². The Balaban J connectivity index is 2.32. The molecule has 0 spiro atoms. The second kappa shape index (κ2) is 4.26. The van der Waals surface area contributed by atoms with Gasteiger partial charge in [-0.25, -0.2) is 0 Å². The lowest BCUT2D eigenvalue weighted by molar-refractivity contribution is 0.313. The van der Waals surface area contributed by atoms with Crippen molar-refractivity contribution in [1.29, 1.82) is 0 Å². The molecule has 0 saturated carbocycles. The van der Waals surface area contributed by atoms with Crippen molar-refractivity contribution in [3.63, 3.8) is 0 Å². The van der Waals surface area contributed by atoms with Crippen LogP contribution in [0.25, 0.3) is 0 Å². The first-order valence-corrected chi connectivity index (χ1v) is 4.29. The Bertz CT molecular complexity index is 194. The molecule has 0 radical (unpaired) electrons. The zero-order valence-corrected chi connectivity index (χ0v) is 8.12. The first-order valence-electron chi connectivity index (χ1n) is 4.29. The molecular formula is C9H17N3. The summed E-state index contributed by atoms with van der Waals surface area (Å²) in [6, 6.07) is 0. The Morgan fingerprint density at radius 3 is 2.92 bits per heavy atom. The highest BCUT2D eigenvalue weighted by molar-refractivity contribution is 5.61. The number of rotatable bonds is 3. The van der Waals surface area contributed by atoms with Crippen LogP contribution in [0.1, 0.15) is 13.3 Å². The number of hydrogen-bond donors (Lipinski definition) is 0. The third-order valence-electron chi connectivity index (χ3n) is 1.79. The predicted molar refractivity (Wildman–Crippen MR) is 52.1 cm³/mol. The van der Waals surface area contributed by atoms with Crippen molar-refractivity contribution in [2.75, 3.05) is 27.2 Å². The smallest absolute Gasteiger partial charge is 0.0536 e. The lowest BCUT2D eigenvalue weighted by atomic mass is 10.2. The molecule has 1 heterocycles. The highest BCUT2D eigenvalue weighted by Gasteiger charge is 2.02. The first-order chi connectivity index (χ1) is 5.68. The normalized spacial score (nSPS) is 17.0. The molecular weight excluding hydrogens is 150 g/mol. The van der Waals surface area contributed by atoms with E-state index in [9.17, 15) is 0 Å². The molecule has 1 aliphatic rings. The van der Waals surface area contributed by atoms with E-state index in [1.165, 1.54) is 5.57 Å². The minimum atomic E-state index is 0.973. The van der Waals surface area contributed by atoms with E-state index in [0.29, 0.717) is 0 Å². The quantitative estimate of drug-likeness (QED) is 0.628. The summed E-state index contributed by atoms with van der Waals surface area (Å²) in [5, 5.41) is 6.26. The second-order valence-electron chi connectivity index (χ2n) is 3.44. The topological polar surface area (TPSA) is 18.8 Å². The van der Waals surface area contributed by atoms with Crippen molar-refractivity contribution >= 4 is 6.21 Å². The summed E-state index contributed by atoms with van der Waals surface area (Å²) in [5.41, 5.74) is 1.38.